The normalized spacial score (nSPS) is 18.2. The van der Waals surface area contributed by atoms with Gasteiger partial charge in [-0.05, 0) is 56.3 Å². The smallest absolute Gasteiger partial charge is 0.238 e. The van der Waals surface area contributed by atoms with Gasteiger partial charge < -0.3 is 16.0 Å². The van der Waals surface area contributed by atoms with Gasteiger partial charge in [-0.1, -0.05) is 25.3 Å². The van der Waals surface area contributed by atoms with E-state index in [4.69, 9.17) is 0 Å². The zero-order chi connectivity index (χ0) is 16.8. The average molecular weight is 329 g/mol. The highest BCUT2D eigenvalue weighted by atomic mass is 16.2. The van der Waals surface area contributed by atoms with E-state index in [1.807, 2.05) is 24.3 Å². The molecule has 2 fully saturated rings. The second kappa shape index (κ2) is 8.29. The molecule has 3 rings (SSSR count). The molecular weight excluding hydrogens is 302 g/mol. The van der Waals surface area contributed by atoms with Crippen LogP contribution < -0.4 is 16.0 Å². The summed E-state index contributed by atoms with van der Waals surface area (Å²) in [6.07, 6.45) is 8.03. The zero-order valence-corrected chi connectivity index (χ0v) is 14.1. The topological polar surface area (TPSA) is 70.2 Å². The van der Waals surface area contributed by atoms with Crippen LogP contribution in [0, 0.1) is 11.8 Å². The van der Waals surface area contributed by atoms with Gasteiger partial charge in [-0.15, -0.1) is 0 Å². The molecule has 0 aromatic heterocycles. The molecule has 2 aliphatic rings. The molecule has 5 heteroatoms. The second-order valence-electron chi connectivity index (χ2n) is 7.03. The third-order valence-corrected chi connectivity index (χ3v) is 4.81. The Kier molecular flexibility index (Phi) is 5.86. The van der Waals surface area contributed by atoms with Crippen molar-refractivity contribution in [1.82, 2.24) is 5.32 Å². The Morgan fingerprint density at radius 1 is 0.958 bits per heavy atom. The standard InChI is InChI=1S/C19H27N3O2/c23-18(13-20-12-14-9-10-14)21-16-7-4-8-17(11-16)22-19(24)15-5-2-1-3-6-15/h4,7-8,11,14-15,20H,1-3,5-6,9-10,12-13H2,(H,21,23)(H,22,24). The number of rotatable bonds is 7. The largest absolute Gasteiger partial charge is 0.326 e. The Balaban J connectivity index is 1.47. The predicted octanol–water partition coefficient (Wildman–Crippen LogP) is 3.14. The van der Waals surface area contributed by atoms with Gasteiger partial charge in [0.15, 0.2) is 0 Å². The van der Waals surface area contributed by atoms with Crippen LogP contribution in [0.25, 0.3) is 0 Å². The number of anilines is 2. The molecule has 0 saturated heterocycles. The minimum absolute atomic E-state index is 0.0496. The molecule has 2 aliphatic carbocycles. The van der Waals surface area contributed by atoms with Crippen LogP contribution in [0.5, 0.6) is 0 Å². The summed E-state index contributed by atoms with van der Waals surface area (Å²) in [5.41, 5.74) is 1.46. The first-order valence-corrected chi connectivity index (χ1v) is 9.12. The first-order chi connectivity index (χ1) is 11.7. The number of amides is 2. The van der Waals surface area contributed by atoms with Crippen LogP contribution in [-0.4, -0.2) is 24.9 Å². The van der Waals surface area contributed by atoms with Crippen LogP contribution in [0.15, 0.2) is 24.3 Å². The highest BCUT2D eigenvalue weighted by Crippen LogP contribution is 2.27. The fraction of sp³-hybridized carbons (Fsp3) is 0.579. The van der Waals surface area contributed by atoms with E-state index in [0.717, 1.165) is 49.5 Å². The minimum Gasteiger partial charge on any atom is -0.326 e. The van der Waals surface area contributed by atoms with E-state index >= 15 is 0 Å². The van der Waals surface area contributed by atoms with E-state index in [0.29, 0.717) is 6.54 Å². The lowest BCUT2D eigenvalue weighted by atomic mass is 9.88. The molecule has 130 valence electrons. The van der Waals surface area contributed by atoms with Gasteiger partial charge in [0, 0.05) is 17.3 Å². The van der Waals surface area contributed by atoms with Crippen molar-refractivity contribution in [2.45, 2.75) is 44.9 Å². The summed E-state index contributed by atoms with van der Waals surface area (Å²) in [5, 5.41) is 9.04. The fourth-order valence-corrected chi connectivity index (χ4v) is 3.20. The van der Waals surface area contributed by atoms with Gasteiger partial charge in [0.25, 0.3) is 0 Å². The molecule has 0 aliphatic heterocycles. The predicted molar refractivity (Wildman–Crippen MR) is 95.9 cm³/mol. The van der Waals surface area contributed by atoms with Crippen LogP contribution in [0.4, 0.5) is 11.4 Å². The summed E-state index contributed by atoms with van der Waals surface area (Å²) in [7, 11) is 0. The summed E-state index contributed by atoms with van der Waals surface area (Å²) >= 11 is 0. The van der Waals surface area contributed by atoms with Crippen LogP contribution in [0.3, 0.4) is 0 Å². The summed E-state index contributed by atoms with van der Waals surface area (Å²) in [6.45, 7) is 1.25. The van der Waals surface area contributed by atoms with Crippen molar-refractivity contribution in [3.8, 4) is 0 Å². The molecule has 24 heavy (non-hydrogen) atoms. The third-order valence-electron chi connectivity index (χ3n) is 4.81. The van der Waals surface area contributed by atoms with Gasteiger partial charge in [-0.3, -0.25) is 9.59 Å². The lowest BCUT2D eigenvalue weighted by Crippen LogP contribution is -2.29. The van der Waals surface area contributed by atoms with Crippen molar-refractivity contribution in [1.29, 1.82) is 0 Å². The Bertz CT molecular complexity index is 578. The van der Waals surface area contributed by atoms with E-state index < -0.39 is 0 Å². The SMILES string of the molecule is O=C(CNCC1CC1)Nc1cccc(NC(=O)C2CCCCC2)c1. The summed E-state index contributed by atoms with van der Waals surface area (Å²) in [5.74, 6) is 0.940. The van der Waals surface area contributed by atoms with Crippen LogP contribution in [-0.2, 0) is 9.59 Å². The molecule has 0 unspecified atom stereocenters. The maximum atomic E-state index is 12.3. The minimum atomic E-state index is -0.0496. The molecule has 1 aromatic rings. The van der Waals surface area contributed by atoms with Crippen LogP contribution in [0.2, 0.25) is 0 Å². The van der Waals surface area contributed by atoms with Crippen molar-refractivity contribution < 1.29 is 9.59 Å². The van der Waals surface area contributed by atoms with Crippen molar-refractivity contribution in [3.63, 3.8) is 0 Å². The van der Waals surface area contributed by atoms with E-state index in [2.05, 4.69) is 16.0 Å². The molecule has 5 nitrogen and oxygen atoms in total. The molecular formula is C19H27N3O2. The Hall–Kier alpha value is -1.88. The van der Waals surface area contributed by atoms with E-state index in [9.17, 15) is 9.59 Å². The Morgan fingerprint density at radius 2 is 1.67 bits per heavy atom. The summed E-state index contributed by atoms with van der Waals surface area (Å²) in [4.78, 5) is 24.2. The van der Waals surface area contributed by atoms with Crippen LogP contribution in [0.1, 0.15) is 44.9 Å². The fourth-order valence-electron chi connectivity index (χ4n) is 3.20. The van der Waals surface area contributed by atoms with Crippen molar-refractivity contribution in [2.24, 2.45) is 11.8 Å². The monoisotopic (exact) mass is 329 g/mol. The van der Waals surface area contributed by atoms with E-state index in [-0.39, 0.29) is 17.7 Å². The third kappa shape index (κ3) is 5.34. The number of hydrogen-bond donors (Lipinski definition) is 3. The van der Waals surface area contributed by atoms with Crippen molar-refractivity contribution in [2.75, 3.05) is 23.7 Å². The highest BCUT2D eigenvalue weighted by Gasteiger charge is 2.21. The molecule has 0 radical (unpaired) electrons. The van der Waals surface area contributed by atoms with Crippen molar-refractivity contribution >= 4 is 23.2 Å². The first kappa shape index (κ1) is 17.0. The highest BCUT2D eigenvalue weighted by molar-refractivity contribution is 5.95. The van der Waals surface area contributed by atoms with Gasteiger partial charge in [0.1, 0.15) is 0 Å². The zero-order valence-electron chi connectivity index (χ0n) is 14.1. The van der Waals surface area contributed by atoms with E-state index in [1.54, 1.807) is 0 Å². The molecule has 0 spiro atoms. The molecule has 2 amide bonds. The van der Waals surface area contributed by atoms with Gasteiger partial charge in [-0.2, -0.15) is 0 Å². The average Bonchev–Trinajstić information content (AvgIpc) is 3.40. The number of carbonyl (C=O) groups excluding carboxylic acids is 2. The molecule has 0 bridgehead atoms. The first-order valence-electron chi connectivity index (χ1n) is 9.12. The second-order valence-corrected chi connectivity index (χ2v) is 7.03. The number of carbonyl (C=O) groups is 2. The number of hydrogen-bond acceptors (Lipinski definition) is 3. The van der Waals surface area contributed by atoms with E-state index in [1.165, 1.54) is 19.3 Å². The van der Waals surface area contributed by atoms with Crippen LogP contribution >= 0.6 is 0 Å². The van der Waals surface area contributed by atoms with Crippen molar-refractivity contribution in [3.05, 3.63) is 24.3 Å². The number of nitrogens with one attached hydrogen (secondary N) is 3. The molecule has 1 aromatic carbocycles. The van der Waals surface area contributed by atoms with Gasteiger partial charge in [0.05, 0.1) is 6.54 Å². The summed E-state index contributed by atoms with van der Waals surface area (Å²) in [6, 6.07) is 7.38. The molecule has 2 saturated carbocycles. The maximum Gasteiger partial charge on any atom is 0.238 e. The lowest BCUT2D eigenvalue weighted by Gasteiger charge is -2.20. The molecule has 0 atom stereocenters. The lowest BCUT2D eigenvalue weighted by molar-refractivity contribution is -0.120. The van der Waals surface area contributed by atoms with Gasteiger partial charge in [0.2, 0.25) is 11.8 Å². The summed E-state index contributed by atoms with van der Waals surface area (Å²) < 4.78 is 0. The molecule has 3 N–H and O–H groups in total. The van der Waals surface area contributed by atoms with Gasteiger partial charge >= 0.3 is 0 Å². The van der Waals surface area contributed by atoms with Gasteiger partial charge in [-0.25, -0.2) is 0 Å². The molecule has 0 heterocycles. The maximum absolute atomic E-state index is 12.3. The Morgan fingerprint density at radius 3 is 2.38 bits per heavy atom. The Labute approximate surface area is 143 Å². The quantitative estimate of drug-likeness (QED) is 0.720. The number of benzene rings is 1.